The number of aryl methyl sites for hydroxylation is 1. The van der Waals surface area contributed by atoms with Crippen molar-refractivity contribution in [3.05, 3.63) is 29.9 Å². The number of hydrogen-bond donors (Lipinski definition) is 1. The summed E-state index contributed by atoms with van der Waals surface area (Å²) in [5, 5.41) is 0. The number of H-pyrrole nitrogens is 1. The number of carbonyl (C=O) groups is 1. The number of aromatic nitrogens is 2. The Morgan fingerprint density at radius 2 is 1.95 bits per heavy atom. The quantitative estimate of drug-likeness (QED) is 0.270. The first-order valence-corrected chi connectivity index (χ1v) is 15.6. The van der Waals surface area contributed by atoms with Gasteiger partial charge in [0.05, 0.1) is 12.7 Å². The van der Waals surface area contributed by atoms with Crippen LogP contribution in [0.15, 0.2) is 24.2 Å². The molecule has 3 saturated carbocycles. The lowest BCUT2D eigenvalue weighted by molar-refractivity contribution is -0.151. The van der Waals surface area contributed by atoms with E-state index in [1.165, 1.54) is 57.8 Å². The van der Waals surface area contributed by atoms with Crippen molar-refractivity contribution < 1.29 is 9.53 Å². The van der Waals surface area contributed by atoms with Crippen LogP contribution in [-0.2, 0) is 16.0 Å². The number of carbonyl (C=O) groups excluding carboxylic acids is 1. The first kappa shape index (κ1) is 27.0. The molecule has 1 aromatic heterocycles. The van der Waals surface area contributed by atoms with Crippen molar-refractivity contribution in [2.24, 2.45) is 46.3 Å². The highest BCUT2D eigenvalue weighted by Gasteiger charge is 2.59. The van der Waals surface area contributed by atoms with Crippen molar-refractivity contribution in [1.82, 2.24) is 9.97 Å². The first-order valence-electron chi connectivity index (χ1n) is 15.6. The van der Waals surface area contributed by atoms with Gasteiger partial charge < -0.3 is 9.72 Å². The van der Waals surface area contributed by atoms with Crippen molar-refractivity contribution in [1.29, 1.82) is 0 Å². The van der Waals surface area contributed by atoms with Gasteiger partial charge in [0.2, 0.25) is 0 Å². The largest absolute Gasteiger partial charge is 0.462 e. The van der Waals surface area contributed by atoms with E-state index in [2.05, 4.69) is 50.7 Å². The maximum absolute atomic E-state index is 12.5. The minimum Gasteiger partial charge on any atom is -0.462 e. The molecule has 3 fully saturated rings. The topological polar surface area (TPSA) is 55.0 Å². The fourth-order valence-electron chi connectivity index (χ4n) is 9.66. The van der Waals surface area contributed by atoms with Gasteiger partial charge in [-0.2, -0.15) is 0 Å². The van der Waals surface area contributed by atoms with Gasteiger partial charge in [0.25, 0.3) is 0 Å². The van der Waals surface area contributed by atoms with Gasteiger partial charge in [-0.25, -0.2) is 4.98 Å². The Hall–Kier alpha value is -1.58. The number of fused-ring (bicyclic) bond motifs is 5. The summed E-state index contributed by atoms with van der Waals surface area (Å²) in [5.74, 6) is 5.13. The Morgan fingerprint density at radius 1 is 1.11 bits per heavy atom. The smallest absolute Gasteiger partial charge is 0.306 e. The van der Waals surface area contributed by atoms with E-state index >= 15 is 0 Å². The normalized spacial score (nSPS) is 37.9. The van der Waals surface area contributed by atoms with E-state index in [-0.39, 0.29) is 12.1 Å². The van der Waals surface area contributed by atoms with Crippen molar-refractivity contribution >= 4 is 5.97 Å². The lowest BCUT2D eigenvalue weighted by Gasteiger charge is -2.58. The third kappa shape index (κ3) is 5.33. The molecule has 0 aromatic carbocycles. The molecule has 4 aliphatic rings. The van der Waals surface area contributed by atoms with Crippen LogP contribution in [0.2, 0.25) is 0 Å². The molecule has 37 heavy (non-hydrogen) atoms. The molecule has 1 aromatic rings. The molecule has 7 unspecified atom stereocenters. The first-order chi connectivity index (χ1) is 17.7. The molecule has 8 atom stereocenters. The van der Waals surface area contributed by atoms with E-state index in [9.17, 15) is 4.79 Å². The Balaban J connectivity index is 1.20. The van der Waals surface area contributed by atoms with E-state index in [4.69, 9.17) is 4.74 Å². The number of imidazole rings is 1. The predicted molar refractivity (Wildman–Crippen MR) is 150 cm³/mol. The molecule has 0 saturated heterocycles. The molecule has 4 aliphatic carbocycles. The van der Waals surface area contributed by atoms with E-state index in [0.29, 0.717) is 23.7 Å². The standard InChI is InChI=1S/C33H52N2O2/c1-22(2)7-6-8-23(3)28-12-13-29-27-11-9-24-19-26(37-31(36)14-10-25-20-34-21-35-25)15-17-32(24,4)30(27)16-18-33(28,29)5/h9,20-23,26-30H,6-8,10-19H2,1-5H3,(H,34,35)/t23-,26?,27?,28?,29?,30?,32?,33?/m1/s1. The van der Waals surface area contributed by atoms with E-state index in [0.717, 1.165) is 54.0 Å². The number of nitrogens with zero attached hydrogens (tertiary/aromatic N) is 1. The molecule has 0 spiro atoms. The molecule has 0 aliphatic heterocycles. The second-order valence-corrected chi connectivity index (χ2v) is 14.2. The van der Waals surface area contributed by atoms with E-state index in [1.54, 1.807) is 18.1 Å². The second kappa shape index (κ2) is 10.9. The molecular weight excluding hydrogens is 456 g/mol. The highest BCUT2D eigenvalue weighted by molar-refractivity contribution is 5.69. The van der Waals surface area contributed by atoms with Crippen molar-refractivity contribution in [2.75, 3.05) is 0 Å². The van der Waals surface area contributed by atoms with Gasteiger partial charge in [-0.3, -0.25) is 4.79 Å². The lowest BCUT2D eigenvalue weighted by atomic mass is 9.47. The van der Waals surface area contributed by atoms with Crippen molar-refractivity contribution in [3.8, 4) is 0 Å². The van der Waals surface area contributed by atoms with Gasteiger partial charge in [-0.1, -0.05) is 65.5 Å². The third-order valence-corrected chi connectivity index (χ3v) is 11.7. The predicted octanol–water partition coefficient (Wildman–Crippen LogP) is 8.30. The zero-order valence-electron chi connectivity index (χ0n) is 24.2. The molecule has 5 rings (SSSR count). The van der Waals surface area contributed by atoms with E-state index < -0.39 is 0 Å². The molecule has 0 amide bonds. The minimum atomic E-state index is -0.0644. The molecule has 0 radical (unpaired) electrons. The Bertz CT molecular complexity index is 952. The van der Waals surface area contributed by atoms with Gasteiger partial charge >= 0.3 is 5.97 Å². The number of rotatable bonds is 9. The second-order valence-electron chi connectivity index (χ2n) is 14.2. The number of nitrogens with one attached hydrogen (secondary N) is 1. The van der Waals surface area contributed by atoms with Gasteiger partial charge in [-0.15, -0.1) is 0 Å². The molecule has 0 bridgehead atoms. The van der Waals surface area contributed by atoms with Crippen LogP contribution in [0.3, 0.4) is 0 Å². The van der Waals surface area contributed by atoms with Crippen LogP contribution >= 0.6 is 0 Å². The highest BCUT2D eigenvalue weighted by atomic mass is 16.5. The number of allylic oxidation sites excluding steroid dienone is 1. The minimum absolute atomic E-state index is 0.0570. The van der Waals surface area contributed by atoms with Gasteiger partial charge in [0.15, 0.2) is 0 Å². The summed E-state index contributed by atoms with van der Waals surface area (Å²) in [6.07, 6.45) is 21.6. The van der Waals surface area contributed by atoms with Crippen LogP contribution in [0.25, 0.3) is 0 Å². The lowest BCUT2D eigenvalue weighted by Crippen LogP contribution is -2.51. The number of aromatic amines is 1. The number of esters is 1. The van der Waals surface area contributed by atoms with Crippen LogP contribution in [0.4, 0.5) is 0 Å². The number of ether oxygens (including phenoxy) is 1. The molecule has 1 N–H and O–H groups in total. The molecular formula is C33H52N2O2. The Labute approximate surface area is 225 Å². The fourth-order valence-corrected chi connectivity index (χ4v) is 9.66. The monoisotopic (exact) mass is 508 g/mol. The summed E-state index contributed by atoms with van der Waals surface area (Å²) < 4.78 is 5.98. The highest BCUT2D eigenvalue weighted by Crippen LogP contribution is 2.67. The molecule has 206 valence electrons. The van der Waals surface area contributed by atoms with Gasteiger partial charge in [-0.05, 0) is 97.7 Å². The number of hydrogen-bond acceptors (Lipinski definition) is 3. The van der Waals surface area contributed by atoms with Crippen LogP contribution in [0, 0.1) is 46.3 Å². The maximum atomic E-state index is 12.5. The molecule has 4 nitrogen and oxygen atoms in total. The summed E-state index contributed by atoms with van der Waals surface area (Å²) in [7, 11) is 0. The average molecular weight is 509 g/mol. The average Bonchev–Trinajstić information content (AvgIpc) is 3.50. The van der Waals surface area contributed by atoms with Crippen molar-refractivity contribution in [2.45, 2.75) is 124 Å². The summed E-state index contributed by atoms with van der Waals surface area (Å²) in [6, 6.07) is 0. The van der Waals surface area contributed by atoms with Crippen LogP contribution < -0.4 is 0 Å². The summed E-state index contributed by atoms with van der Waals surface area (Å²) in [6.45, 7) is 12.6. The zero-order valence-corrected chi connectivity index (χ0v) is 24.2. The van der Waals surface area contributed by atoms with Crippen molar-refractivity contribution in [3.63, 3.8) is 0 Å². The van der Waals surface area contributed by atoms with Gasteiger partial charge in [0.1, 0.15) is 6.10 Å². The fraction of sp³-hybridized carbons (Fsp3) is 0.818. The SMILES string of the molecule is CC(C)CCC[C@@H](C)C1CCC2C3CC=C4CC(OC(=O)CCc5cnc[nH]5)CCC4(C)C3CCC21C. The van der Waals surface area contributed by atoms with Crippen LogP contribution in [0.5, 0.6) is 0 Å². The van der Waals surface area contributed by atoms with Gasteiger partial charge in [0, 0.05) is 18.3 Å². The summed E-state index contributed by atoms with van der Waals surface area (Å²) >= 11 is 0. The Kier molecular flexibility index (Phi) is 7.95. The summed E-state index contributed by atoms with van der Waals surface area (Å²) in [5.41, 5.74) is 3.45. The summed E-state index contributed by atoms with van der Waals surface area (Å²) in [4.78, 5) is 19.7. The third-order valence-electron chi connectivity index (χ3n) is 11.7. The zero-order chi connectivity index (χ0) is 26.2. The maximum Gasteiger partial charge on any atom is 0.306 e. The van der Waals surface area contributed by atoms with Crippen LogP contribution in [0.1, 0.15) is 117 Å². The molecule has 4 heteroatoms. The van der Waals surface area contributed by atoms with Crippen LogP contribution in [-0.4, -0.2) is 22.0 Å². The molecule has 1 heterocycles. The Morgan fingerprint density at radius 3 is 2.70 bits per heavy atom. The van der Waals surface area contributed by atoms with E-state index in [1.807, 2.05) is 0 Å².